The van der Waals surface area contributed by atoms with Crippen molar-refractivity contribution in [2.24, 2.45) is 12.8 Å². The van der Waals surface area contributed by atoms with Crippen molar-refractivity contribution >= 4 is 5.78 Å². The second-order valence-electron chi connectivity index (χ2n) is 2.18. The topological polar surface area (TPSA) is 73.8 Å². The maximum absolute atomic E-state index is 11.1. The molecule has 1 rings (SSSR count). The summed E-state index contributed by atoms with van der Waals surface area (Å²) >= 11 is 0. The van der Waals surface area contributed by atoms with E-state index in [0.29, 0.717) is 18.7 Å². The molecule has 0 amide bonds. The highest BCUT2D eigenvalue weighted by Gasteiger charge is 2.07. The number of hydrogen-bond acceptors (Lipinski definition) is 4. The van der Waals surface area contributed by atoms with E-state index in [9.17, 15) is 4.79 Å². The molecule has 0 atom stereocenters. The SMILES string of the molecule is Cn1ncc(C(=O)CCN)n1. The number of aromatic nitrogens is 3. The maximum atomic E-state index is 11.1. The van der Waals surface area contributed by atoms with E-state index in [1.807, 2.05) is 0 Å². The van der Waals surface area contributed by atoms with Gasteiger partial charge in [0.25, 0.3) is 0 Å². The van der Waals surface area contributed by atoms with Crippen molar-refractivity contribution in [1.29, 1.82) is 0 Å². The van der Waals surface area contributed by atoms with Gasteiger partial charge in [-0.05, 0) is 6.54 Å². The third-order valence-corrected chi connectivity index (χ3v) is 1.26. The molecule has 11 heavy (non-hydrogen) atoms. The molecule has 0 unspecified atom stereocenters. The number of aryl methyl sites for hydroxylation is 1. The summed E-state index contributed by atoms with van der Waals surface area (Å²) in [5.41, 5.74) is 5.58. The first-order valence-corrected chi connectivity index (χ1v) is 3.33. The molecule has 5 nitrogen and oxygen atoms in total. The number of carbonyl (C=O) groups is 1. The third-order valence-electron chi connectivity index (χ3n) is 1.26. The first-order chi connectivity index (χ1) is 5.24. The Morgan fingerprint density at radius 2 is 2.55 bits per heavy atom. The first kappa shape index (κ1) is 7.87. The highest BCUT2D eigenvalue weighted by molar-refractivity contribution is 5.93. The van der Waals surface area contributed by atoms with Crippen molar-refractivity contribution in [3.05, 3.63) is 11.9 Å². The van der Waals surface area contributed by atoms with Crippen molar-refractivity contribution in [2.45, 2.75) is 6.42 Å². The minimum atomic E-state index is -0.0550. The van der Waals surface area contributed by atoms with E-state index in [0.717, 1.165) is 0 Å². The summed E-state index contributed by atoms with van der Waals surface area (Å²) in [5.74, 6) is -0.0550. The van der Waals surface area contributed by atoms with Gasteiger partial charge in [-0.3, -0.25) is 4.79 Å². The van der Waals surface area contributed by atoms with E-state index in [-0.39, 0.29) is 5.78 Å². The van der Waals surface area contributed by atoms with Crippen molar-refractivity contribution in [3.63, 3.8) is 0 Å². The zero-order valence-electron chi connectivity index (χ0n) is 6.32. The van der Waals surface area contributed by atoms with Gasteiger partial charge in [-0.15, -0.1) is 0 Å². The van der Waals surface area contributed by atoms with Crippen LogP contribution in [-0.4, -0.2) is 27.3 Å². The fraction of sp³-hybridized carbons (Fsp3) is 0.500. The van der Waals surface area contributed by atoms with Crippen molar-refractivity contribution in [1.82, 2.24) is 15.0 Å². The molecule has 0 fully saturated rings. The van der Waals surface area contributed by atoms with Crippen LogP contribution in [0.5, 0.6) is 0 Å². The van der Waals surface area contributed by atoms with Crippen molar-refractivity contribution < 1.29 is 4.79 Å². The van der Waals surface area contributed by atoms with Crippen LogP contribution in [0.3, 0.4) is 0 Å². The number of nitrogens with two attached hydrogens (primary N) is 1. The normalized spacial score (nSPS) is 10.0. The number of hydrogen-bond donors (Lipinski definition) is 1. The summed E-state index contributed by atoms with van der Waals surface area (Å²) in [6.45, 7) is 0.357. The van der Waals surface area contributed by atoms with Gasteiger partial charge >= 0.3 is 0 Å². The Morgan fingerprint density at radius 3 is 3.00 bits per heavy atom. The Kier molecular flexibility index (Phi) is 2.32. The first-order valence-electron chi connectivity index (χ1n) is 3.33. The Morgan fingerprint density at radius 1 is 1.82 bits per heavy atom. The van der Waals surface area contributed by atoms with Gasteiger partial charge in [-0.25, -0.2) is 0 Å². The maximum Gasteiger partial charge on any atom is 0.185 e. The molecular formula is C6H10N4O. The van der Waals surface area contributed by atoms with Crippen LogP contribution in [0.15, 0.2) is 6.20 Å². The Balaban J connectivity index is 2.69. The molecule has 0 bridgehead atoms. The molecule has 60 valence electrons. The second kappa shape index (κ2) is 3.25. The fourth-order valence-electron chi connectivity index (χ4n) is 0.733. The summed E-state index contributed by atoms with van der Waals surface area (Å²) in [6.07, 6.45) is 1.77. The van der Waals surface area contributed by atoms with Crippen LogP contribution in [0.1, 0.15) is 16.9 Å². The monoisotopic (exact) mass is 154 g/mol. The Bertz CT molecular complexity index is 255. The number of carbonyl (C=O) groups excluding carboxylic acids is 1. The Labute approximate surface area is 64.2 Å². The molecule has 0 aliphatic carbocycles. The van der Waals surface area contributed by atoms with Gasteiger partial charge in [-0.1, -0.05) is 0 Å². The molecule has 0 aliphatic rings. The molecule has 2 N–H and O–H groups in total. The smallest absolute Gasteiger partial charge is 0.185 e. The highest BCUT2D eigenvalue weighted by Crippen LogP contribution is 1.95. The zero-order chi connectivity index (χ0) is 8.27. The van der Waals surface area contributed by atoms with E-state index in [4.69, 9.17) is 5.73 Å². The largest absolute Gasteiger partial charge is 0.330 e. The van der Waals surface area contributed by atoms with Gasteiger partial charge in [0.1, 0.15) is 5.69 Å². The number of ketones is 1. The number of rotatable bonds is 3. The van der Waals surface area contributed by atoms with Crippen LogP contribution in [0.25, 0.3) is 0 Å². The molecule has 0 radical (unpaired) electrons. The van der Waals surface area contributed by atoms with Crippen LogP contribution in [0.2, 0.25) is 0 Å². The molecule has 0 saturated carbocycles. The fourth-order valence-corrected chi connectivity index (χ4v) is 0.733. The molecule has 0 spiro atoms. The lowest BCUT2D eigenvalue weighted by Crippen LogP contribution is -2.08. The molecule has 5 heteroatoms. The lowest BCUT2D eigenvalue weighted by molar-refractivity contribution is 0.0980. The zero-order valence-corrected chi connectivity index (χ0v) is 6.32. The molecule has 1 aromatic rings. The van der Waals surface area contributed by atoms with Gasteiger partial charge < -0.3 is 5.73 Å². The van der Waals surface area contributed by atoms with Crippen LogP contribution in [0, 0.1) is 0 Å². The quantitative estimate of drug-likeness (QED) is 0.587. The van der Waals surface area contributed by atoms with Gasteiger partial charge in [0.15, 0.2) is 5.78 Å². The summed E-state index contributed by atoms with van der Waals surface area (Å²) < 4.78 is 0. The van der Waals surface area contributed by atoms with E-state index >= 15 is 0 Å². The summed E-state index contributed by atoms with van der Waals surface area (Å²) in [6, 6.07) is 0. The van der Waals surface area contributed by atoms with E-state index in [2.05, 4.69) is 10.2 Å². The standard InChI is InChI=1S/C6H10N4O/c1-10-8-4-5(9-10)6(11)2-3-7/h4H,2-3,7H2,1H3. The molecule has 0 saturated heterocycles. The summed E-state index contributed by atoms with van der Waals surface area (Å²) in [5, 5.41) is 7.59. The average molecular weight is 154 g/mol. The lowest BCUT2D eigenvalue weighted by Gasteiger charge is -1.89. The minimum Gasteiger partial charge on any atom is -0.330 e. The lowest BCUT2D eigenvalue weighted by atomic mass is 10.2. The molecule has 1 heterocycles. The predicted molar refractivity (Wildman–Crippen MR) is 39.0 cm³/mol. The van der Waals surface area contributed by atoms with Gasteiger partial charge in [0.2, 0.25) is 0 Å². The Hall–Kier alpha value is -1.23. The van der Waals surface area contributed by atoms with Crippen LogP contribution >= 0.6 is 0 Å². The summed E-state index contributed by atoms with van der Waals surface area (Å²) in [4.78, 5) is 12.4. The van der Waals surface area contributed by atoms with Crippen LogP contribution in [-0.2, 0) is 7.05 Å². The van der Waals surface area contributed by atoms with Gasteiger partial charge in [0.05, 0.1) is 6.20 Å². The van der Waals surface area contributed by atoms with Gasteiger partial charge in [-0.2, -0.15) is 15.0 Å². The molecule has 0 aromatic carbocycles. The minimum absolute atomic E-state index is 0.0550. The van der Waals surface area contributed by atoms with E-state index in [1.54, 1.807) is 7.05 Å². The van der Waals surface area contributed by atoms with Crippen LogP contribution < -0.4 is 5.73 Å². The van der Waals surface area contributed by atoms with Crippen LogP contribution in [0.4, 0.5) is 0 Å². The predicted octanol–water partition coefficient (Wildman–Crippen LogP) is -0.653. The average Bonchev–Trinajstić information content (AvgIpc) is 2.36. The third kappa shape index (κ3) is 1.84. The molecule has 1 aromatic heterocycles. The van der Waals surface area contributed by atoms with E-state index < -0.39 is 0 Å². The highest BCUT2D eigenvalue weighted by atomic mass is 16.1. The molecule has 0 aliphatic heterocycles. The number of nitrogens with zero attached hydrogens (tertiary/aromatic N) is 3. The van der Waals surface area contributed by atoms with Crippen molar-refractivity contribution in [3.8, 4) is 0 Å². The molecular weight excluding hydrogens is 144 g/mol. The van der Waals surface area contributed by atoms with Crippen molar-refractivity contribution in [2.75, 3.05) is 6.54 Å². The van der Waals surface area contributed by atoms with E-state index in [1.165, 1.54) is 11.0 Å². The van der Waals surface area contributed by atoms with Gasteiger partial charge in [0, 0.05) is 13.5 Å². The second-order valence-corrected chi connectivity index (χ2v) is 2.18. The summed E-state index contributed by atoms with van der Waals surface area (Å²) in [7, 11) is 1.67. The number of Topliss-reactive ketones (excluding diaryl/α,β-unsaturated/α-hetero) is 1.